The van der Waals surface area contributed by atoms with Crippen molar-refractivity contribution in [3.63, 3.8) is 0 Å². The molecule has 1 heteroatoms. The van der Waals surface area contributed by atoms with Gasteiger partial charge in [-0.15, -0.1) is 0 Å². The molecule has 4 aliphatic rings. The van der Waals surface area contributed by atoms with Crippen LogP contribution in [0.2, 0.25) is 0 Å². The van der Waals surface area contributed by atoms with Gasteiger partial charge < -0.3 is 4.74 Å². The fourth-order valence-electron chi connectivity index (χ4n) is 8.63. The van der Waals surface area contributed by atoms with Gasteiger partial charge in [-0.25, -0.2) is 0 Å². The Morgan fingerprint density at radius 3 is 2.61 bits per heavy atom. The summed E-state index contributed by atoms with van der Waals surface area (Å²) in [5.41, 5.74) is 4.35. The standard InChI is InChI=1S/C30H42O/c1-5-9-21(2)26-14-15-27-25-13-12-22-20-24(31-23-10-7-6-8-11-23)16-18-29(22,3)28(25)17-19-30(26,27)4/h6-12,24-28H,5,13-20H2,1-4H3/b21-9-/t24?,25-,26+,27-,28-,29-,30+/m0/s1. The highest BCUT2D eigenvalue weighted by Crippen LogP contribution is 2.67. The lowest BCUT2D eigenvalue weighted by atomic mass is 9.47. The summed E-state index contributed by atoms with van der Waals surface area (Å²) >= 11 is 0. The molecule has 3 fully saturated rings. The molecule has 4 aliphatic carbocycles. The van der Waals surface area contributed by atoms with Gasteiger partial charge >= 0.3 is 0 Å². The molecule has 0 saturated heterocycles. The number of benzene rings is 1. The molecule has 1 nitrogen and oxygen atoms in total. The largest absolute Gasteiger partial charge is 0.490 e. The number of fused-ring (bicyclic) bond motifs is 5. The van der Waals surface area contributed by atoms with E-state index in [0.717, 1.165) is 35.8 Å². The Labute approximate surface area is 190 Å². The molecular weight excluding hydrogens is 376 g/mol. The molecular formula is C30H42O. The zero-order chi connectivity index (χ0) is 21.6. The molecule has 1 unspecified atom stereocenters. The molecule has 0 aliphatic heterocycles. The second-order valence-electron chi connectivity index (χ2n) is 11.6. The zero-order valence-electron chi connectivity index (χ0n) is 20.2. The quantitative estimate of drug-likeness (QED) is 0.446. The van der Waals surface area contributed by atoms with E-state index in [4.69, 9.17) is 4.74 Å². The van der Waals surface area contributed by atoms with Crippen molar-refractivity contribution in [2.75, 3.05) is 0 Å². The van der Waals surface area contributed by atoms with Crippen LogP contribution in [0.3, 0.4) is 0 Å². The van der Waals surface area contributed by atoms with E-state index in [1.54, 1.807) is 11.1 Å². The summed E-state index contributed by atoms with van der Waals surface area (Å²) in [6.45, 7) is 9.99. The first-order valence-electron chi connectivity index (χ1n) is 13.0. The lowest BCUT2D eigenvalue weighted by Gasteiger charge is -2.58. The molecule has 0 aromatic heterocycles. The van der Waals surface area contributed by atoms with E-state index in [2.05, 4.69) is 70.2 Å². The van der Waals surface area contributed by atoms with Crippen molar-refractivity contribution in [1.82, 2.24) is 0 Å². The van der Waals surface area contributed by atoms with E-state index in [1.165, 1.54) is 51.4 Å². The number of para-hydroxylation sites is 1. The zero-order valence-corrected chi connectivity index (χ0v) is 20.2. The first-order valence-corrected chi connectivity index (χ1v) is 13.0. The third kappa shape index (κ3) is 3.51. The first-order chi connectivity index (χ1) is 15.0. The molecule has 5 rings (SSSR count). The lowest BCUT2D eigenvalue weighted by Crippen LogP contribution is -2.50. The Balaban J connectivity index is 1.35. The van der Waals surface area contributed by atoms with Crippen molar-refractivity contribution >= 4 is 0 Å². The van der Waals surface area contributed by atoms with Gasteiger partial charge in [-0.3, -0.25) is 0 Å². The van der Waals surface area contributed by atoms with Gasteiger partial charge in [0, 0.05) is 6.42 Å². The molecule has 0 bridgehead atoms. The Kier molecular flexibility index (Phi) is 5.60. The molecule has 1 aromatic rings. The summed E-state index contributed by atoms with van der Waals surface area (Å²) in [6.07, 6.45) is 17.4. The molecule has 0 heterocycles. The maximum absolute atomic E-state index is 6.39. The van der Waals surface area contributed by atoms with Gasteiger partial charge in [0.1, 0.15) is 11.9 Å². The third-order valence-electron chi connectivity index (χ3n) is 10.2. The molecule has 3 saturated carbocycles. The topological polar surface area (TPSA) is 9.23 Å². The van der Waals surface area contributed by atoms with Crippen molar-refractivity contribution in [2.45, 2.75) is 91.6 Å². The van der Waals surface area contributed by atoms with Gasteiger partial charge in [0.2, 0.25) is 0 Å². The van der Waals surface area contributed by atoms with Crippen LogP contribution in [-0.2, 0) is 0 Å². The monoisotopic (exact) mass is 418 g/mol. The minimum absolute atomic E-state index is 0.352. The molecule has 0 amide bonds. The van der Waals surface area contributed by atoms with E-state index in [1.807, 2.05) is 0 Å². The lowest BCUT2D eigenvalue weighted by molar-refractivity contribution is -0.0436. The molecule has 31 heavy (non-hydrogen) atoms. The van der Waals surface area contributed by atoms with Gasteiger partial charge in [-0.2, -0.15) is 0 Å². The summed E-state index contributed by atoms with van der Waals surface area (Å²) in [5.74, 6) is 4.57. The number of hydrogen-bond acceptors (Lipinski definition) is 1. The molecule has 7 atom stereocenters. The SMILES string of the molecule is CC/C=C(/C)[C@H]1CC[C@H]2[C@@H]3CC=C4CC(Oc5ccccc5)CC[C@]4(C)[C@H]3CC[C@]12C. The number of ether oxygens (including phenoxy) is 1. The Morgan fingerprint density at radius 2 is 1.84 bits per heavy atom. The number of allylic oxidation sites excluding steroid dienone is 3. The second kappa shape index (κ2) is 8.13. The average molecular weight is 419 g/mol. The van der Waals surface area contributed by atoms with Crippen LogP contribution in [-0.4, -0.2) is 6.10 Å². The van der Waals surface area contributed by atoms with E-state index in [0.29, 0.717) is 16.9 Å². The maximum Gasteiger partial charge on any atom is 0.119 e. The first kappa shape index (κ1) is 21.4. The van der Waals surface area contributed by atoms with E-state index < -0.39 is 0 Å². The Hall–Kier alpha value is -1.50. The average Bonchev–Trinajstić information content (AvgIpc) is 3.12. The van der Waals surface area contributed by atoms with Crippen LogP contribution in [0.4, 0.5) is 0 Å². The van der Waals surface area contributed by atoms with Crippen molar-refractivity contribution in [2.24, 2.45) is 34.5 Å². The minimum atomic E-state index is 0.352. The normalized spacial score (nSPS) is 42.3. The van der Waals surface area contributed by atoms with Gasteiger partial charge in [-0.1, -0.05) is 62.3 Å². The van der Waals surface area contributed by atoms with Crippen LogP contribution < -0.4 is 4.74 Å². The predicted octanol–water partition coefficient (Wildman–Crippen LogP) is 8.37. The van der Waals surface area contributed by atoms with Crippen LogP contribution in [0.15, 0.2) is 53.6 Å². The van der Waals surface area contributed by atoms with E-state index >= 15 is 0 Å². The number of rotatable bonds is 4. The maximum atomic E-state index is 6.39. The van der Waals surface area contributed by atoms with Crippen molar-refractivity contribution in [3.8, 4) is 5.75 Å². The molecule has 168 valence electrons. The summed E-state index contributed by atoms with van der Waals surface area (Å²) in [6, 6.07) is 10.4. The summed E-state index contributed by atoms with van der Waals surface area (Å²) in [7, 11) is 0. The van der Waals surface area contributed by atoms with E-state index in [-0.39, 0.29) is 0 Å². The van der Waals surface area contributed by atoms with Crippen LogP contribution in [0.25, 0.3) is 0 Å². The van der Waals surface area contributed by atoms with E-state index in [9.17, 15) is 0 Å². The van der Waals surface area contributed by atoms with Crippen LogP contribution in [0.5, 0.6) is 5.75 Å². The summed E-state index contributed by atoms with van der Waals surface area (Å²) in [5, 5.41) is 0. The smallest absolute Gasteiger partial charge is 0.119 e. The Bertz CT molecular complexity index is 850. The van der Waals surface area contributed by atoms with Crippen molar-refractivity contribution in [1.29, 1.82) is 0 Å². The third-order valence-corrected chi connectivity index (χ3v) is 10.2. The molecule has 0 spiro atoms. The van der Waals surface area contributed by atoms with Crippen molar-refractivity contribution < 1.29 is 4.74 Å². The summed E-state index contributed by atoms with van der Waals surface area (Å²) in [4.78, 5) is 0. The highest BCUT2D eigenvalue weighted by atomic mass is 16.5. The van der Waals surface area contributed by atoms with Crippen LogP contribution in [0.1, 0.15) is 85.5 Å². The fraction of sp³-hybridized carbons (Fsp3) is 0.667. The molecule has 0 radical (unpaired) electrons. The molecule has 0 N–H and O–H groups in total. The van der Waals surface area contributed by atoms with Gasteiger partial charge in [0.25, 0.3) is 0 Å². The van der Waals surface area contributed by atoms with Crippen LogP contribution >= 0.6 is 0 Å². The van der Waals surface area contributed by atoms with Crippen LogP contribution in [0, 0.1) is 34.5 Å². The van der Waals surface area contributed by atoms with Crippen molar-refractivity contribution in [3.05, 3.63) is 53.6 Å². The van der Waals surface area contributed by atoms with Gasteiger partial charge in [0.05, 0.1) is 0 Å². The van der Waals surface area contributed by atoms with Gasteiger partial charge in [0.15, 0.2) is 0 Å². The number of hydrogen-bond donors (Lipinski definition) is 0. The van der Waals surface area contributed by atoms with Gasteiger partial charge in [-0.05, 0) is 105 Å². The fourth-order valence-corrected chi connectivity index (χ4v) is 8.63. The highest BCUT2D eigenvalue weighted by Gasteiger charge is 2.58. The summed E-state index contributed by atoms with van der Waals surface area (Å²) < 4.78 is 6.39. The Morgan fingerprint density at radius 1 is 1.03 bits per heavy atom. The molecule has 1 aromatic carbocycles. The highest BCUT2D eigenvalue weighted by molar-refractivity contribution is 5.28. The predicted molar refractivity (Wildman–Crippen MR) is 130 cm³/mol. The second-order valence-corrected chi connectivity index (χ2v) is 11.6. The minimum Gasteiger partial charge on any atom is -0.490 e.